The lowest BCUT2D eigenvalue weighted by Gasteiger charge is -2.33. The summed E-state index contributed by atoms with van der Waals surface area (Å²) in [5.41, 5.74) is 0.969. The number of nitrogens with zero attached hydrogens (tertiary/aromatic N) is 3. The minimum absolute atomic E-state index is 0.0924. The summed E-state index contributed by atoms with van der Waals surface area (Å²) < 4.78 is 0. The molecule has 1 aromatic rings. The Morgan fingerprint density at radius 2 is 1.79 bits per heavy atom. The third-order valence-corrected chi connectivity index (χ3v) is 5.91. The lowest BCUT2D eigenvalue weighted by atomic mass is 9.95. The van der Waals surface area contributed by atoms with Crippen LogP contribution in [0.1, 0.15) is 44.1 Å². The van der Waals surface area contributed by atoms with Crippen LogP contribution in [0.5, 0.6) is 0 Å². The number of piperidine rings is 1. The molecule has 0 saturated carbocycles. The highest BCUT2D eigenvalue weighted by Gasteiger charge is 2.29. The summed E-state index contributed by atoms with van der Waals surface area (Å²) >= 11 is 6.00. The largest absolute Gasteiger partial charge is 0.342 e. The van der Waals surface area contributed by atoms with E-state index in [9.17, 15) is 9.59 Å². The molecule has 0 aliphatic carbocycles. The molecule has 0 atom stereocenters. The number of hydrogen-bond acceptors (Lipinski definition) is 4. The Balaban J connectivity index is 1.44. The van der Waals surface area contributed by atoms with Crippen LogP contribution in [0.2, 0.25) is 5.02 Å². The topological polar surface area (TPSA) is 76.4 Å². The van der Waals surface area contributed by atoms with Gasteiger partial charge < -0.3 is 10.2 Å². The summed E-state index contributed by atoms with van der Waals surface area (Å²) in [6.07, 6.45) is 6.30. The van der Waals surface area contributed by atoms with Crippen LogP contribution in [-0.2, 0) is 9.59 Å². The molecule has 2 aliphatic rings. The predicted molar refractivity (Wildman–Crippen MR) is 109 cm³/mol. The zero-order valence-electron chi connectivity index (χ0n) is 16.1. The van der Waals surface area contributed by atoms with Crippen molar-refractivity contribution in [1.82, 2.24) is 9.80 Å². The van der Waals surface area contributed by atoms with E-state index in [4.69, 9.17) is 16.9 Å². The van der Waals surface area contributed by atoms with E-state index >= 15 is 0 Å². The molecule has 0 spiro atoms. The van der Waals surface area contributed by atoms with Crippen LogP contribution in [0.4, 0.5) is 5.69 Å². The Morgan fingerprint density at radius 1 is 1.11 bits per heavy atom. The highest BCUT2D eigenvalue weighted by molar-refractivity contribution is 6.32. The van der Waals surface area contributed by atoms with Gasteiger partial charge in [0.05, 0.1) is 17.1 Å². The summed E-state index contributed by atoms with van der Waals surface area (Å²) in [5.74, 6) is 0.283. The molecule has 6 nitrogen and oxygen atoms in total. The van der Waals surface area contributed by atoms with Crippen LogP contribution < -0.4 is 5.32 Å². The van der Waals surface area contributed by atoms with Gasteiger partial charge in [0.15, 0.2) is 0 Å². The molecule has 2 fully saturated rings. The third-order valence-electron chi connectivity index (χ3n) is 5.60. The molecule has 0 aromatic heterocycles. The van der Waals surface area contributed by atoms with E-state index in [0.29, 0.717) is 28.7 Å². The van der Waals surface area contributed by atoms with E-state index in [0.717, 1.165) is 51.9 Å². The van der Waals surface area contributed by atoms with E-state index in [1.54, 1.807) is 18.2 Å². The number of amides is 2. The first kappa shape index (κ1) is 20.6. The molecule has 28 heavy (non-hydrogen) atoms. The SMILES string of the molecule is N#Cc1ccc(NC(=O)CN2CCC(C(=O)N3CCCCCC3)CC2)cc1Cl. The van der Waals surface area contributed by atoms with Gasteiger partial charge >= 0.3 is 0 Å². The van der Waals surface area contributed by atoms with Gasteiger partial charge in [-0.05, 0) is 57.0 Å². The number of anilines is 1. The molecule has 0 radical (unpaired) electrons. The fraction of sp³-hybridized carbons (Fsp3) is 0.571. The van der Waals surface area contributed by atoms with Gasteiger partial charge in [0, 0.05) is 24.7 Å². The number of benzene rings is 1. The average Bonchev–Trinajstić information content (AvgIpc) is 2.97. The van der Waals surface area contributed by atoms with E-state index in [1.807, 2.05) is 6.07 Å². The maximum atomic E-state index is 12.8. The lowest BCUT2D eigenvalue weighted by molar-refractivity contribution is -0.137. The van der Waals surface area contributed by atoms with Crippen molar-refractivity contribution in [3.05, 3.63) is 28.8 Å². The number of halogens is 1. The molecule has 2 saturated heterocycles. The summed E-state index contributed by atoms with van der Waals surface area (Å²) in [6.45, 7) is 3.60. The lowest BCUT2D eigenvalue weighted by Crippen LogP contribution is -2.44. The van der Waals surface area contributed by atoms with Gasteiger partial charge in [-0.15, -0.1) is 0 Å². The molecule has 1 aromatic carbocycles. The van der Waals surface area contributed by atoms with Crippen LogP contribution in [0.3, 0.4) is 0 Å². The van der Waals surface area contributed by atoms with Gasteiger partial charge in [0.1, 0.15) is 6.07 Å². The second kappa shape index (κ2) is 9.90. The standard InChI is InChI=1S/C21H27ClN4O2/c22-19-13-18(6-5-17(19)14-23)24-20(27)15-25-11-7-16(8-12-25)21(28)26-9-3-1-2-4-10-26/h5-6,13,16H,1-4,7-12,15H2,(H,24,27). The van der Waals surface area contributed by atoms with Crippen molar-refractivity contribution in [2.24, 2.45) is 5.92 Å². The van der Waals surface area contributed by atoms with Crippen LogP contribution in [0, 0.1) is 17.2 Å². The Labute approximate surface area is 171 Å². The third kappa shape index (κ3) is 5.46. The van der Waals surface area contributed by atoms with E-state index in [1.165, 1.54) is 12.8 Å². The number of nitriles is 1. The zero-order valence-corrected chi connectivity index (χ0v) is 16.9. The molecule has 0 unspecified atom stereocenters. The van der Waals surface area contributed by atoms with Crippen LogP contribution in [0.25, 0.3) is 0 Å². The quantitative estimate of drug-likeness (QED) is 0.838. The van der Waals surface area contributed by atoms with E-state index in [2.05, 4.69) is 15.1 Å². The van der Waals surface area contributed by atoms with Crippen LogP contribution >= 0.6 is 11.6 Å². The van der Waals surface area contributed by atoms with Crippen molar-refractivity contribution in [1.29, 1.82) is 5.26 Å². The average molecular weight is 403 g/mol. The van der Waals surface area contributed by atoms with Gasteiger partial charge in [-0.3, -0.25) is 14.5 Å². The summed E-state index contributed by atoms with van der Waals surface area (Å²) in [4.78, 5) is 29.2. The highest BCUT2D eigenvalue weighted by atomic mass is 35.5. The molecule has 2 amide bonds. The highest BCUT2D eigenvalue weighted by Crippen LogP contribution is 2.23. The van der Waals surface area contributed by atoms with Crippen molar-refractivity contribution >= 4 is 29.1 Å². The van der Waals surface area contributed by atoms with Gasteiger partial charge in [-0.2, -0.15) is 5.26 Å². The monoisotopic (exact) mass is 402 g/mol. The van der Waals surface area contributed by atoms with Crippen molar-refractivity contribution in [3.8, 4) is 6.07 Å². The Kier molecular flexibility index (Phi) is 7.30. The summed E-state index contributed by atoms with van der Waals surface area (Å²) in [5, 5.41) is 12.1. The van der Waals surface area contributed by atoms with Crippen molar-refractivity contribution < 1.29 is 9.59 Å². The number of carbonyl (C=O) groups is 2. The first-order valence-corrected chi connectivity index (χ1v) is 10.5. The van der Waals surface area contributed by atoms with Gasteiger partial charge in [0.2, 0.25) is 11.8 Å². The van der Waals surface area contributed by atoms with E-state index in [-0.39, 0.29) is 11.8 Å². The van der Waals surface area contributed by atoms with Gasteiger partial charge in [-0.1, -0.05) is 24.4 Å². The second-order valence-electron chi connectivity index (χ2n) is 7.64. The number of hydrogen-bond donors (Lipinski definition) is 1. The number of likely N-dealkylation sites (tertiary alicyclic amines) is 2. The Bertz CT molecular complexity index is 745. The number of nitrogens with one attached hydrogen (secondary N) is 1. The van der Waals surface area contributed by atoms with Gasteiger partial charge in [-0.25, -0.2) is 0 Å². The number of carbonyl (C=O) groups excluding carboxylic acids is 2. The molecule has 7 heteroatoms. The first-order valence-electron chi connectivity index (χ1n) is 10.1. The maximum Gasteiger partial charge on any atom is 0.238 e. The minimum Gasteiger partial charge on any atom is -0.342 e. The van der Waals surface area contributed by atoms with Crippen molar-refractivity contribution in [3.63, 3.8) is 0 Å². The number of rotatable bonds is 4. The van der Waals surface area contributed by atoms with E-state index < -0.39 is 0 Å². The summed E-state index contributed by atoms with van der Waals surface area (Å²) in [7, 11) is 0. The van der Waals surface area contributed by atoms with Crippen LogP contribution in [0.15, 0.2) is 18.2 Å². The second-order valence-corrected chi connectivity index (χ2v) is 8.05. The van der Waals surface area contributed by atoms with Crippen molar-refractivity contribution in [2.75, 3.05) is 38.0 Å². The predicted octanol–water partition coefficient (Wildman–Crippen LogP) is 3.26. The van der Waals surface area contributed by atoms with Crippen molar-refractivity contribution in [2.45, 2.75) is 38.5 Å². The first-order chi connectivity index (χ1) is 13.6. The molecule has 0 bridgehead atoms. The van der Waals surface area contributed by atoms with Crippen LogP contribution in [-0.4, -0.2) is 54.3 Å². The minimum atomic E-state index is -0.113. The normalized spacial score (nSPS) is 18.9. The maximum absolute atomic E-state index is 12.8. The molecule has 3 rings (SSSR count). The molecule has 150 valence electrons. The Hall–Kier alpha value is -2.10. The molecule has 1 N–H and O–H groups in total. The smallest absolute Gasteiger partial charge is 0.238 e. The molecular formula is C21H27ClN4O2. The Morgan fingerprint density at radius 3 is 2.39 bits per heavy atom. The molecule has 2 heterocycles. The molecular weight excluding hydrogens is 376 g/mol. The zero-order chi connectivity index (χ0) is 19.9. The van der Waals surface area contributed by atoms with Gasteiger partial charge in [0.25, 0.3) is 0 Å². The fourth-order valence-corrected chi connectivity index (χ4v) is 4.20. The fourth-order valence-electron chi connectivity index (χ4n) is 3.97. The summed E-state index contributed by atoms with van der Waals surface area (Å²) in [6, 6.07) is 6.86. The molecule has 2 aliphatic heterocycles.